The van der Waals surface area contributed by atoms with E-state index in [0.29, 0.717) is 13.2 Å². The standard InChI is InChI=1S/C8H18N2O4S/c1-12-13-6-8-5-7(9)3-4-10(8)14-15(2)11/h7-8H,3-6,9H2,1-2H3. The van der Waals surface area contributed by atoms with E-state index >= 15 is 0 Å². The normalized spacial score (nSPS) is 30.3. The summed E-state index contributed by atoms with van der Waals surface area (Å²) >= 11 is -1.31. The van der Waals surface area contributed by atoms with Crippen LogP contribution in [0.4, 0.5) is 0 Å². The van der Waals surface area contributed by atoms with Crippen molar-refractivity contribution in [3.05, 3.63) is 0 Å². The number of nitrogens with zero attached hydrogens (tertiary/aromatic N) is 1. The zero-order valence-corrected chi connectivity index (χ0v) is 9.87. The van der Waals surface area contributed by atoms with Crippen molar-refractivity contribution >= 4 is 11.1 Å². The highest BCUT2D eigenvalue weighted by molar-refractivity contribution is 7.79. The maximum absolute atomic E-state index is 11.0. The SMILES string of the molecule is COOCC1CC(N)CCN1OS(C)=O. The first kappa shape index (κ1) is 13.0. The molecular weight excluding hydrogens is 220 g/mol. The molecule has 1 heterocycles. The van der Waals surface area contributed by atoms with Crippen LogP contribution in [0.5, 0.6) is 0 Å². The highest BCUT2D eigenvalue weighted by Crippen LogP contribution is 2.17. The Morgan fingerprint density at radius 2 is 2.33 bits per heavy atom. The Labute approximate surface area is 92.2 Å². The predicted molar refractivity (Wildman–Crippen MR) is 55.8 cm³/mol. The van der Waals surface area contributed by atoms with Crippen LogP contribution in [0.1, 0.15) is 12.8 Å². The zero-order valence-electron chi connectivity index (χ0n) is 9.05. The molecule has 1 saturated heterocycles. The van der Waals surface area contributed by atoms with Gasteiger partial charge in [-0.3, -0.25) is 0 Å². The van der Waals surface area contributed by atoms with Crippen LogP contribution in [0.2, 0.25) is 0 Å². The van der Waals surface area contributed by atoms with Crippen molar-refractivity contribution in [3.8, 4) is 0 Å². The number of hydrogen-bond acceptors (Lipinski definition) is 6. The van der Waals surface area contributed by atoms with E-state index in [4.69, 9.17) is 14.9 Å². The van der Waals surface area contributed by atoms with E-state index in [1.165, 1.54) is 13.4 Å². The van der Waals surface area contributed by atoms with E-state index in [1.54, 1.807) is 5.06 Å². The molecule has 6 nitrogen and oxygen atoms in total. The van der Waals surface area contributed by atoms with Gasteiger partial charge in [0.05, 0.1) is 13.2 Å². The van der Waals surface area contributed by atoms with Crippen molar-refractivity contribution in [2.45, 2.75) is 24.9 Å². The Kier molecular flexibility index (Phi) is 5.65. The van der Waals surface area contributed by atoms with Crippen LogP contribution in [0, 0.1) is 0 Å². The van der Waals surface area contributed by atoms with E-state index < -0.39 is 11.1 Å². The first-order valence-corrected chi connectivity index (χ1v) is 6.31. The maximum Gasteiger partial charge on any atom is 0.170 e. The van der Waals surface area contributed by atoms with Gasteiger partial charge in [0.15, 0.2) is 11.1 Å². The topological polar surface area (TPSA) is 74.0 Å². The summed E-state index contributed by atoms with van der Waals surface area (Å²) in [7, 11) is 1.45. The Hall–Kier alpha value is -0.0500. The first-order valence-electron chi connectivity index (χ1n) is 4.83. The van der Waals surface area contributed by atoms with E-state index in [2.05, 4.69) is 4.89 Å². The van der Waals surface area contributed by atoms with Gasteiger partial charge in [0, 0.05) is 18.8 Å². The summed E-state index contributed by atoms with van der Waals surface area (Å²) < 4.78 is 16.1. The molecule has 1 fully saturated rings. The molecule has 90 valence electrons. The average molecular weight is 238 g/mol. The van der Waals surface area contributed by atoms with Crippen LogP contribution in [0.3, 0.4) is 0 Å². The molecule has 1 aliphatic rings. The van der Waals surface area contributed by atoms with Gasteiger partial charge in [-0.25, -0.2) is 14.0 Å². The van der Waals surface area contributed by atoms with E-state index in [-0.39, 0.29) is 12.1 Å². The number of hydrogen-bond donors (Lipinski definition) is 1. The second-order valence-electron chi connectivity index (χ2n) is 3.51. The molecule has 1 aliphatic heterocycles. The van der Waals surface area contributed by atoms with Gasteiger partial charge in [-0.05, 0) is 12.8 Å². The van der Waals surface area contributed by atoms with Crippen LogP contribution >= 0.6 is 0 Å². The van der Waals surface area contributed by atoms with Gasteiger partial charge in [-0.15, -0.1) is 0 Å². The van der Waals surface area contributed by atoms with E-state index in [9.17, 15) is 4.21 Å². The third kappa shape index (κ3) is 4.54. The first-order chi connectivity index (χ1) is 7.13. The molecule has 3 atom stereocenters. The second-order valence-corrected chi connectivity index (χ2v) is 4.46. The number of hydroxylamine groups is 2. The van der Waals surface area contributed by atoms with Gasteiger partial charge < -0.3 is 5.73 Å². The Morgan fingerprint density at radius 1 is 1.60 bits per heavy atom. The molecule has 0 aliphatic carbocycles. The smallest absolute Gasteiger partial charge is 0.170 e. The molecule has 0 aromatic rings. The van der Waals surface area contributed by atoms with Gasteiger partial charge in [-0.1, -0.05) is 0 Å². The summed E-state index contributed by atoms with van der Waals surface area (Å²) in [4.78, 5) is 9.39. The third-order valence-electron chi connectivity index (χ3n) is 2.28. The van der Waals surface area contributed by atoms with Crippen molar-refractivity contribution in [2.24, 2.45) is 5.73 Å². The van der Waals surface area contributed by atoms with Crippen molar-refractivity contribution in [3.63, 3.8) is 0 Å². The molecule has 0 bridgehead atoms. The molecule has 0 radical (unpaired) electrons. The summed E-state index contributed by atoms with van der Waals surface area (Å²) in [5.41, 5.74) is 5.84. The number of nitrogens with two attached hydrogens (primary N) is 1. The largest absolute Gasteiger partial charge is 0.328 e. The molecule has 0 amide bonds. The Morgan fingerprint density at radius 3 is 2.93 bits per heavy atom. The van der Waals surface area contributed by atoms with Crippen molar-refractivity contribution in [1.82, 2.24) is 5.06 Å². The molecule has 0 aromatic heterocycles. The third-order valence-corrected chi connectivity index (χ3v) is 2.68. The van der Waals surface area contributed by atoms with Crippen LogP contribution in [-0.2, 0) is 25.1 Å². The minimum absolute atomic E-state index is 0.00222. The van der Waals surface area contributed by atoms with Gasteiger partial charge in [0.25, 0.3) is 0 Å². The highest BCUT2D eigenvalue weighted by atomic mass is 32.2. The van der Waals surface area contributed by atoms with E-state index in [1.807, 2.05) is 0 Å². The molecule has 0 aromatic carbocycles. The average Bonchev–Trinajstić information content (AvgIpc) is 2.18. The summed E-state index contributed by atoms with van der Waals surface area (Å²) in [6.07, 6.45) is 3.07. The maximum atomic E-state index is 11.0. The summed E-state index contributed by atoms with van der Waals surface area (Å²) in [6, 6.07) is 0.137. The molecular formula is C8H18N2O4S. The van der Waals surface area contributed by atoms with Gasteiger partial charge in [-0.2, -0.15) is 9.35 Å². The molecule has 2 N–H and O–H groups in total. The van der Waals surface area contributed by atoms with Crippen LogP contribution < -0.4 is 5.73 Å². The predicted octanol–water partition coefficient (Wildman–Crippen LogP) is -0.419. The van der Waals surface area contributed by atoms with Gasteiger partial charge >= 0.3 is 0 Å². The lowest BCUT2D eigenvalue weighted by atomic mass is 10.0. The van der Waals surface area contributed by atoms with Crippen LogP contribution in [-0.4, -0.2) is 47.9 Å². The Balaban J connectivity index is 2.45. The van der Waals surface area contributed by atoms with Gasteiger partial charge in [0.1, 0.15) is 6.61 Å². The fourth-order valence-electron chi connectivity index (χ4n) is 1.59. The molecule has 1 rings (SSSR count). The molecule has 3 unspecified atom stereocenters. The number of piperidine rings is 1. The highest BCUT2D eigenvalue weighted by Gasteiger charge is 2.29. The number of rotatable bonds is 5. The molecule has 7 heteroatoms. The van der Waals surface area contributed by atoms with Crippen molar-refractivity contribution in [2.75, 3.05) is 26.5 Å². The summed E-state index contributed by atoms with van der Waals surface area (Å²) in [6.45, 7) is 1.03. The fourth-order valence-corrected chi connectivity index (χ4v) is 2.06. The summed E-state index contributed by atoms with van der Waals surface area (Å²) in [5, 5.41) is 1.67. The van der Waals surface area contributed by atoms with Crippen molar-refractivity contribution in [1.29, 1.82) is 0 Å². The van der Waals surface area contributed by atoms with Gasteiger partial charge in [0.2, 0.25) is 0 Å². The molecule has 0 spiro atoms. The Bertz CT molecular complexity index is 217. The lowest BCUT2D eigenvalue weighted by Gasteiger charge is -2.35. The van der Waals surface area contributed by atoms with E-state index in [0.717, 1.165) is 12.8 Å². The van der Waals surface area contributed by atoms with Crippen molar-refractivity contribution < 1.29 is 18.3 Å². The molecule has 0 saturated carbocycles. The zero-order chi connectivity index (χ0) is 11.3. The molecule has 15 heavy (non-hydrogen) atoms. The monoisotopic (exact) mass is 238 g/mol. The second kappa shape index (κ2) is 6.51. The minimum atomic E-state index is -1.31. The fraction of sp³-hybridized carbons (Fsp3) is 1.00. The lowest BCUT2D eigenvalue weighted by molar-refractivity contribution is -0.291. The summed E-state index contributed by atoms with van der Waals surface area (Å²) in [5.74, 6) is 0. The lowest BCUT2D eigenvalue weighted by Crippen LogP contribution is -2.49. The van der Waals surface area contributed by atoms with Crippen LogP contribution in [0.25, 0.3) is 0 Å². The minimum Gasteiger partial charge on any atom is -0.328 e. The quantitative estimate of drug-likeness (QED) is 0.518. The van der Waals surface area contributed by atoms with Crippen LogP contribution in [0.15, 0.2) is 0 Å².